The highest BCUT2D eigenvalue weighted by Gasteiger charge is 2.17. The summed E-state index contributed by atoms with van der Waals surface area (Å²) in [6.45, 7) is 7.71. The van der Waals surface area contributed by atoms with Crippen molar-refractivity contribution in [3.63, 3.8) is 0 Å². The highest BCUT2D eigenvalue weighted by atomic mass is 16.6. The van der Waals surface area contributed by atoms with E-state index in [4.69, 9.17) is 14.2 Å². The predicted octanol–water partition coefficient (Wildman–Crippen LogP) is 19.2. The number of carbonyl (C=O) groups excluding carboxylic acids is 2. The first-order valence-corrected chi connectivity index (χ1v) is 28.1. The molecule has 0 bridgehead atoms. The van der Waals surface area contributed by atoms with Gasteiger partial charge in [0.05, 0.1) is 6.61 Å². The van der Waals surface area contributed by atoms with E-state index in [-0.39, 0.29) is 25.2 Å². The van der Waals surface area contributed by atoms with E-state index >= 15 is 0 Å². The zero-order valence-corrected chi connectivity index (χ0v) is 43.7. The molecule has 0 radical (unpaired) electrons. The monoisotopic (exact) mass is 919 g/mol. The fraction of sp³-hybridized carbons (Fsp3) is 0.738. The standard InChI is InChI=1S/C61H106O5/c1-4-7-10-13-16-19-22-25-27-29-31-33-35-37-39-42-45-48-51-54-60(62)65-58-59(57-64-56-53-50-47-44-41-24-21-18-15-12-9-6-3)66-61(63)55-52-49-46-43-40-38-36-34-32-30-28-26-23-20-17-14-11-8-5-2/h15-20,25-28,31-34,59H,4-14,21-24,29-30,35-58H2,1-3H3/b18-15-,19-16-,20-17-,27-25-,28-26-,33-31-,34-32-. The zero-order valence-electron chi connectivity index (χ0n) is 43.7. The third kappa shape index (κ3) is 53.7. The van der Waals surface area contributed by atoms with Crippen LogP contribution >= 0.6 is 0 Å². The molecule has 0 aromatic heterocycles. The first-order chi connectivity index (χ1) is 32.6. The topological polar surface area (TPSA) is 61.8 Å². The summed E-state index contributed by atoms with van der Waals surface area (Å²) >= 11 is 0. The van der Waals surface area contributed by atoms with Gasteiger partial charge in [-0.1, -0.05) is 221 Å². The largest absolute Gasteiger partial charge is 0.462 e. The van der Waals surface area contributed by atoms with Gasteiger partial charge in [-0.2, -0.15) is 0 Å². The van der Waals surface area contributed by atoms with Gasteiger partial charge < -0.3 is 14.2 Å². The van der Waals surface area contributed by atoms with Crippen LogP contribution in [0.3, 0.4) is 0 Å². The maximum absolute atomic E-state index is 12.8. The molecule has 0 aliphatic rings. The summed E-state index contributed by atoms with van der Waals surface area (Å²) in [5, 5.41) is 0. The molecule has 0 N–H and O–H groups in total. The van der Waals surface area contributed by atoms with Gasteiger partial charge in [0.1, 0.15) is 6.61 Å². The van der Waals surface area contributed by atoms with E-state index in [1.54, 1.807) is 0 Å². The zero-order chi connectivity index (χ0) is 47.7. The normalized spacial score (nSPS) is 12.8. The summed E-state index contributed by atoms with van der Waals surface area (Å²) in [5.74, 6) is -0.427. The van der Waals surface area contributed by atoms with E-state index in [0.717, 1.165) is 89.9 Å². The maximum atomic E-state index is 12.8. The minimum atomic E-state index is -0.556. The summed E-state index contributed by atoms with van der Waals surface area (Å²) in [7, 11) is 0. The Morgan fingerprint density at radius 1 is 0.333 bits per heavy atom. The lowest BCUT2D eigenvalue weighted by atomic mass is 10.1. The fourth-order valence-electron chi connectivity index (χ4n) is 7.62. The third-order valence-corrected chi connectivity index (χ3v) is 11.9. The van der Waals surface area contributed by atoms with Crippen LogP contribution in [0.1, 0.15) is 265 Å². The molecule has 380 valence electrons. The average molecular weight is 920 g/mol. The minimum absolute atomic E-state index is 0.0677. The van der Waals surface area contributed by atoms with Crippen molar-refractivity contribution in [2.75, 3.05) is 19.8 Å². The summed E-state index contributed by atoms with van der Waals surface area (Å²) in [6.07, 6.45) is 74.5. The van der Waals surface area contributed by atoms with E-state index < -0.39 is 6.10 Å². The highest BCUT2D eigenvalue weighted by Crippen LogP contribution is 2.14. The molecule has 0 heterocycles. The number of carbonyl (C=O) groups is 2. The van der Waals surface area contributed by atoms with Gasteiger partial charge in [0.2, 0.25) is 0 Å². The third-order valence-electron chi connectivity index (χ3n) is 11.9. The molecular weight excluding hydrogens is 813 g/mol. The quantitative estimate of drug-likeness (QED) is 0.0346. The van der Waals surface area contributed by atoms with Gasteiger partial charge in [0.25, 0.3) is 0 Å². The Morgan fingerprint density at radius 3 is 1.08 bits per heavy atom. The smallest absolute Gasteiger partial charge is 0.306 e. The lowest BCUT2D eigenvalue weighted by Gasteiger charge is -2.18. The second-order valence-corrected chi connectivity index (χ2v) is 18.5. The number of esters is 2. The Kier molecular flexibility index (Phi) is 53.9. The lowest BCUT2D eigenvalue weighted by Crippen LogP contribution is -2.30. The molecule has 0 saturated heterocycles. The Labute approximate surface area is 409 Å². The van der Waals surface area contributed by atoms with Gasteiger partial charge in [0.15, 0.2) is 6.10 Å². The predicted molar refractivity (Wildman–Crippen MR) is 288 cm³/mol. The number of hydrogen-bond donors (Lipinski definition) is 0. The maximum Gasteiger partial charge on any atom is 0.306 e. The van der Waals surface area contributed by atoms with E-state index in [1.807, 2.05) is 0 Å². The summed E-state index contributed by atoms with van der Waals surface area (Å²) < 4.78 is 17.4. The molecule has 0 aromatic carbocycles. The number of hydrogen-bond acceptors (Lipinski definition) is 5. The summed E-state index contributed by atoms with van der Waals surface area (Å²) in [6, 6.07) is 0. The minimum Gasteiger partial charge on any atom is -0.462 e. The van der Waals surface area contributed by atoms with Crippen LogP contribution in [0.25, 0.3) is 0 Å². The van der Waals surface area contributed by atoms with E-state index in [9.17, 15) is 9.59 Å². The van der Waals surface area contributed by atoms with Crippen molar-refractivity contribution in [2.45, 2.75) is 271 Å². The van der Waals surface area contributed by atoms with Gasteiger partial charge in [0, 0.05) is 19.4 Å². The Hall–Kier alpha value is -2.92. The second-order valence-electron chi connectivity index (χ2n) is 18.5. The van der Waals surface area contributed by atoms with Crippen molar-refractivity contribution in [1.29, 1.82) is 0 Å². The molecule has 5 heteroatoms. The molecule has 1 unspecified atom stereocenters. The van der Waals surface area contributed by atoms with Crippen LogP contribution in [0, 0.1) is 0 Å². The van der Waals surface area contributed by atoms with Crippen molar-refractivity contribution in [3.05, 3.63) is 85.1 Å². The Balaban J connectivity index is 4.30. The van der Waals surface area contributed by atoms with Crippen molar-refractivity contribution < 1.29 is 23.8 Å². The van der Waals surface area contributed by atoms with Crippen LogP contribution in [-0.2, 0) is 23.8 Å². The van der Waals surface area contributed by atoms with Crippen LogP contribution in [0.15, 0.2) is 85.1 Å². The molecule has 0 spiro atoms. The van der Waals surface area contributed by atoms with Crippen LogP contribution in [0.5, 0.6) is 0 Å². The molecule has 0 aliphatic heterocycles. The SMILES string of the molecule is CCCC/C=C\CCCCCCCCOCC(COC(=O)CCCCCCCC/C=C\C/C=C\C/C=C\CCCCC)OC(=O)CCCCCCCC/C=C\C/C=C\C/C=C\CCCCC. The number of unbranched alkanes of at least 4 members (excludes halogenated alkanes) is 26. The molecule has 66 heavy (non-hydrogen) atoms. The Bertz CT molecular complexity index is 1220. The first-order valence-electron chi connectivity index (χ1n) is 28.1. The Morgan fingerprint density at radius 2 is 0.652 bits per heavy atom. The van der Waals surface area contributed by atoms with Crippen LogP contribution in [0.4, 0.5) is 0 Å². The molecule has 0 saturated carbocycles. The van der Waals surface area contributed by atoms with Crippen molar-refractivity contribution in [1.82, 2.24) is 0 Å². The van der Waals surface area contributed by atoms with Crippen molar-refractivity contribution in [2.24, 2.45) is 0 Å². The van der Waals surface area contributed by atoms with Crippen molar-refractivity contribution in [3.8, 4) is 0 Å². The molecule has 0 aromatic rings. The second kappa shape index (κ2) is 56.4. The van der Waals surface area contributed by atoms with Crippen LogP contribution in [0.2, 0.25) is 0 Å². The number of rotatable bonds is 51. The molecule has 0 amide bonds. The van der Waals surface area contributed by atoms with Crippen LogP contribution in [-0.4, -0.2) is 37.9 Å². The summed E-state index contributed by atoms with van der Waals surface area (Å²) in [4.78, 5) is 25.5. The number of ether oxygens (including phenoxy) is 3. The average Bonchev–Trinajstić information content (AvgIpc) is 3.32. The van der Waals surface area contributed by atoms with E-state index in [0.29, 0.717) is 19.4 Å². The molecular formula is C61H106O5. The molecule has 1 atom stereocenters. The van der Waals surface area contributed by atoms with Gasteiger partial charge in [-0.3, -0.25) is 9.59 Å². The molecule has 0 rings (SSSR count). The number of allylic oxidation sites excluding steroid dienone is 14. The van der Waals surface area contributed by atoms with E-state index in [1.165, 1.54) is 141 Å². The van der Waals surface area contributed by atoms with Gasteiger partial charge in [-0.05, 0) is 116 Å². The van der Waals surface area contributed by atoms with Gasteiger partial charge in [-0.15, -0.1) is 0 Å². The van der Waals surface area contributed by atoms with Gasteiger partial charge >= 0.3 is 11.9 Å². The van der Waals surface area contributed by atoms with E-state index in [2.05, 4.69) is 106 Å². The molecule has 0 aliphatic carbocycles. The lowest BCUT2D eigenvalue weighted by molar-refractivity contribution is -0.163. The fourth-order valence-corrected chi connectivity index (χ4v) is 7.62. The molecule has 0 fully saturated rings. The highest BCUT2D eigenvalue weighted by molar-refractivity contribution is 5.70. The van der Waals surface area contributed by atoms with Gasteiger partial charge in [-0.25, -0.2) is 0 Å². The van der Waals surface area contributed by atoms with Crippen LogP contribution < -0.4 is 0 Å². The van der Waals surface area contributed by atoms with Crippen molar-refractivity contribution >= 4 is 11.9 Å². The first kappa shape index (κ1) is 63.1. The molecule has 5 nitrogen and oxygen atoms in total. The summed E-state index contributed by atoms with van der Waals surface area (Å²) in [5.41, 5.74) is 0.